The highest BCUT2D eigenvalue weighted by molar-refractivity contribution is 9.10. The van der Waals surface area contributed by atoms with Crippen LogP contribution < -0.4 is 10.1 Å². The zero-order valence-electron chi connectivity index (χ0n) is 13.5. The summed E-state index contributed by atoms with van der Waals surface area (Å²) in [5.41, 5.74) is 3.61. The van der Waals surface area contributed by atoms with Crippen LogP contribution in [-0.4, -0.2) is 12.0 Å². The summed E-state index contributed by atoms with van der Waals surface area (Å²) in [7, 11) is 0. The van der Waals surface area contributed by atoms with Crippen LogP contribution in [-0.2, 0) is 4.79 Å². The number of carbonyl (C=O) groups excluding carboxylic acids is 1. The summed E-state index contributed by atoms with van der Waals surface area (Å²) >= 11 is 9.43. The Labute approximate surface area is 150 Å². The number of carbonyl (C=O) groups is 1. The van der Waals surface area contributed by atoms with Crippen molar-refractivity contribution in [1.29, 1.82) is 0 Å². The van der Waals surface area contributed by atoms with Crippen molar-refractivity contribution in [2.45, 2.75) is 33.8 Å². The lowest BCUT2D eigenvalue weighted by molar-refractivity contribution is -0.122. The highest BCUT2D eigenvalue weighted by Gasteiger charge is 2.18. The molecule has 3 nitrogen and oxygen atoms in total. The van der Waals surface area contributed by atoms with Crippen LogP contribution in [0.5, 0.6) is 5.75 Å². The minimum Gasteiger partial charge on any atom is -0.480 e. The van der Waals surface area contributed by atoms with Crippen LogP contribution >= 0.6 is 27.5 Å². The quantitative estimate of drug-likeness (QED) is 0.748. The number of benzene rings is 2. The van der Waals surface area contributed by atoms with E-state index in [2.05, 4.69) is 21.2 Å². The Morgan fingerprint density at radius 3 is 2.35 bits per heavy atom. The summed E-state index contributed by atoms with van der Waals surface area (Å²) in [6.07, 6.45) is -0.619. The molecule has 0 aliphatic heterocycles. The molecule has 0 saturated carbocycles. The summed E-state index contributed by atoms with van der Waals surface area (Å²) in [5, 5.41) is 3.45. The number of rotatable bonds is 4. The van der Waals surface area contributed by atoms with Gasteiger partial charge in [-0.15, -0.1) is 0 Å². The first kappa shape index (κ1) is 17.8. The standard InChI is InChI=1S/C18H19BrClNO2/c1-10-5-6-15(20)9-16(10)21-18(22)13(4)23-17-11(2)7-14(19)8-12(17)3/h5-9,13H,1-4H3,(H,21,22). The van der Waals surface area contributed by atoms with Crippen molar-refractivity contribution in [2.24, 2.45) is 0 Å². The second kappa shape index (κ2) is 7.37. The summed E-state index contributed by atoms with van der Waals surface area (Å²) in [5.74, 6) is 0.524. The van der Waals surface area contributed by atoms with Gasteiger partial charge >= 0.3 is 0 Å². The molecule has 0 aliphatic carbocycles. The fourth-order valence-electron chi connectivity index (χ4n) is 2.28. The van der Waals surface area contributed by atoms with E-state index >= 15 is 0 Å². The van der Waals surface area contributed by atoms with Gasteiger partial charge in [-0.3, -0.25) is 4.79 Å². The first-order chi connectivity index (χ1) is 10.8. The lowest BCUT2D eigenvalue weighted by atomic mass is 10.1. The zero-order valence-corrected chi connectivity index (χ0v) is 15.9. The molecule has 0 heterocycles. The third kappa shape index (κ3) is 4.49. The van der Waals surface area contributed by atoms with Gasteiger partial charge in [0.1, 0.15) is 5.75 Å². The second-order valence-electron chi connectivity index (χ2n) is 5.58. The molecule has 0 aliphatic rings. The van der Waals surface area contributed by atoms with Crippen molar-refractivity contribution in [3.63, 3.8) is 0 Å². The van der Waals surface area contributed by atoms with E-state index in [-0.39, 0.29) is 5.91 Å². The molecule has 1 atom stereocenters. The van der Waals surface area contributed by atoms with Gasteiger partial charge < -0.3 is 10.1 Å². The smallest absolute Gasteiger partial charge is 0.265 e. The number of halogens is 2. The number of amides is 1. The van der Waals surface area contributed by atoms with E-state index in [4.69, 9.17) is 16.3 Å². The molecule has 0 spiro atoms. The molecule has 2 rings (SSSR count). The van der Waals surface area contributed by atoms with Crippen LogP contribution in [0.4, 0.5) is 5.69 Å². The fraction of sp³-hybridized carbons (Fsp3) is 0.278. The maximum absolute atomic E-state index is 12.4. The normalized spacial score (nSPS) is 11.9. The van der Waals surface area contributed by atoms with Crippen LogP contribution in [0.2, 0.25) is 5.02 Å². The lowest BCUT2D eigenvalue weighted by Crippen LogP contribution is -2.30. The van der Waals surface area contributed by atoms with E-state index in [9.17, 15) is 4.79 Å². The summed E-state index contributed by atoms with van der Waals surface area (Å²) < 4.78 is 6.86. The number of anilines is 1. The van der Waals surface area contributed by atoms with Gasteiger partial charge in [0.05, 0.1) is 0 Å². The van der Waals surface area contributed by atoms with E-state index in [0.717, 1.165) is 26.9 Å². The van der Waals surface area contributed by atoms with Gasteiger partial charge in [0, 0.05) is 15.2 Å². The summed E-state index contributed by atoms with van der Waals surface area (Å²) in [6, 6.07) is 9.33. The predicted octanol–water partition coefficient (Wildman–Crippen LogP) is 5.43. The Morgan fingerprint density at radius 1 is 1.13 bits per heavy atom. The van der Waals surface area contributed by atoms with E-state index in [0.29, 0.717) is 10.7 Å². The van der Waals surface area contributed by atoms with Crippen LogP contribution in [0.3, 0.4) is 0 Å². The Hall–Kier alpha value is -1.52. The minimum absolute atomic E-state index is 0.211. The average molecular weight is 397 g/mol. The SMILES string of the molecule is Cc1ccc(Cl)cc1NC(=O)C(C)Oc1c(C)cc(Br)cc1C. The second-order valence-corrected chi connectivity index (χ2v) is 6.93. The number of hydrogen-bond acceptors (Lipinski definition) is 2. The van der Waals surface area contributed by atoms with E-state index in [1.54, 1.807) is 19.1 Å². The lowest BCUT2D eigenvalue weighted by Gasteiger charge is -2.19. The molecule has 23 heavy (non-hydrogen) atoms. The van der Waals surface area contributed by atoms with Gasteiger partial charge in [-0.1, -0.05) is 33.6 Å². The molecule has 0 aromatic heterocycles. The van der Waals surface area contributed by atoms with Gasteiger partial charge in [-0.2, -0.15) is 0 Å². The number of ether oxygens (including phenoxy) is 1. The van der Waals surface area contributed by atoms with Gasteiger partial charge in [-0.05, 0) is 68.7 Å². The van der Waals surface area contributed by atoms with Crippen LogP contribution in [0.1, 0.15) is 23.6 Å². The Balaban J connectivity index is 2.13. The molecule has 1 amide bonds. The van der Waals surface area contributed by atoms with Crippen molar-refractivity contribution in [3.8, 4) is 5.75 Å². The van der Waals surface area contributed by atoms with Gasteiger partial charge in [0.2, 0.25) is 0 Å². The Bertz CT molecular complexity index is 723. The molecule has 1 unspecified atom stereocenters. The molecule has 5 heteroatoms. The fourth-order valence-corrected chi connectivity index (χ4v) is 3.14. The third-order valence-corrected chi connectivity index (χ3v) is 4.24. The van der Waals surface area contributed by atoms with Crippen molar-refractivity contribution in [3.05, 3.63) is 56.5 Å². The topological polar surface area (TPSA) is 38.3 Å². The number of nitrogens with one attached hydrogen (secondary N) is 1. The summed E-state index contributed by atoms with van der Waals surface area (Å²) in [4.78, 5) is 12.4. The molecule has 122 valence electrons. The Morgan fingerprint density at radius 2 is 1.74 bits per heavy atom. The van der Waals surface area contributed by atoms with Crippen LogP contribution in [0.25, 0.3) is 0 Å². The molecule has 2 aromatic rings. The number of hydrogen-bond donors (Lipinski definition) is 1. The minimum atomic E-state index is -0.619. The predicted molar refractivity (Wildman–Crippen MR) is 98.5 cm³/mol. The first-order valence-electron chi connectivity index (χ1n) is 7.28. The van der Waals surface area contributed by atoms with Crippen molar-refractivity contribution >= 4 is 39.1 Å². The largest absolute Gasteiger partial charge is 0.480 e. The van der Waals surface area contributed by atoms with Gasteiger partial charge in [0.25, 0.3) is 5.91 Å². The molecular weight excluding hydrogens is 378 g/mol. The van der Waals surface area contributed by atoms with Gasteiger partial charge in [-0.25, -0.2) is 0 Å². The molecule has 0 bridgehead atoms. The van der Waals surface area contributed by atoms with E-state index in [1.807, 2.05) is 39.0 Å². The van der Waals surface area contributed by atoms with Crippen LogP contribution in [0.15, 0.2) is 34.8 Å². The highest BCUT2D eigenvalue weighted by Crippen LogP contribution is 2.28. The monoisotopic (exact) mass is 395 g/mol. The molecule has 0 fully saturated rings. The first-order valence-corrected chi connectivity index (χ1v) is 8.45. The average Bonchev–Trinajstić information content (AvgIpc) is 2.46. The molecular formula is C18H19BrClNO2. The highest BCUT2D eigenvalue weighted by atomic mass is 79.9. The maximum atomic E-state index is 12.4. The molecule has 1 N–H and O–H groups in total. The summed E-state index contributed by atoms with van der Waals surface area (Å²) in [6.45, 7) is 7.56. The molecule has 2 aromatic carbocycles. The van der Waals surface area contributed by atoms with Crippen LogP contribution in [0, 0.1) is 20.8 Å². The van der Waals surface area contributed by atoms with Crippen molar-refractivity contribution in [1.82, 2.24) is 0 Å². The number of aryl methyl sites for hydroxylation is 3. The molecule has 0 saturated heterocycles. The zero-order chi connectivity index (χ0) is 17.1. The van der Waals surface area contributed by atoms with E-state index in [1.165, 1.54) is 0 Å². The third-order valence-electron chi connectivity index (χ3n) is 3.55. The molecule has 0 radical (unpaired) electrons. The van der Waals surface area contributed by atoms with Gasteiger partial charge in [0.15, 0.2) is 6.10 Å². The van der Waals surface area contributed by atoms with E-state index < -0.39 is 6.10 Å². The van der Waals surface area contributed by atoms with Crippen molar-refractivity contribution in [2.75, 3.05) is 5.32 Å². The van der Waals surface area contributed by atoms with Crippen molar-refractivity contribution < 1.29 is 9.53 Å². The maximum Gasteiger partial charge on any atom is 0.265 e. The Kier molecular flexibility index (Phi) is 5.71.